The number of carbonyl (C=O) groups is 14. The number of methoxy groups -OCH3 is 2. The number of benzene rings is 2. The summed E-state index contributed by atoms with van der Waals surface area (Å²) in [5, 5.41) is 38.8. The number of unbranched alkanes of at least 4 members (excludes halogenated alkanes) is 2. The number of carboxylic acid groups (broad SMARTS) is 1. The summed E-state index contributed by atoms with van der Waals surface area (Å²) in [5.74, 6) is -8.93. The number of likely N-dealkylation sites (N-methyl/N-ethyl adjacent to an activating group) is 2. The van der Waals surface area contributed by atoms with Gasteiger partial charge in [-0.2, -0.15) is 0 Å². The van der Waals surface area contributed by atoms with Gasteiger partial charge in [0.1, 0.15) is 42.9 Å². The van der Waals surface area contributed by atoms with Crippen molar-refractivity contribution in [3.8, 4) is 0 Å². The number of nitrogens with one attached hydrogen (secondary N) is 7. The van der Waals surface area contributed by atoms with Crippen molar-refractivity contribution in [2.24, 2.45) is 35.3 Å². The molecule has 1 unspecified atom stereocenters. The third kappa shape index (κ3) is 26.5. The molecule has 610 valence electrons. The molecule has 33 nitrogen and oxygen atoms in total. The number of alkyl carbamates (subject to hydrolysis) is 1. The van der Waals surface area contributed by atoms with Crippen molar-refractivity contribution in [1.82, 2.24) is 56.4 Å². The zero-order chi connectivity index (χ0) is 81.8. The van der Waals surface area contributed by atoms with Crippen LogP contribution in [0.1, 0.15) is 164 Å². The number of likely N-dealkylation sites (tertiary alicyclic amines) is 2. The molecule has 0 aliphatic carbocycles. The molecule has 11 N–H and O–H groups in total. The van der Waals surface area contributed by atoms with E-state index in [0.717, 1.165) is 9.80 Å². The number of hydrogen-bond acceptors (Lipinski definition) is 19. The maximum atomic E-state index is 14.9. The number of aliphatic hydroxyl groups excluding tert-OH is 1. The normalized spacial score (nSPS) is 18.5. The average molecular weight is 1540 g/mol. The van der Waals surface area contributed by atoms with Crippen LogP contribution in [0.5, 0.6) is 0 Å². The van der Waals surface area contributed by atoms with Crippen LogP contribution in [0.3, 0.4) is 0 Å². The molecular weight excluding hydrogens is 1430 g/mol. The number of amides is 14. The maximum absolute atomic E-state index is 14.9. The Hall–Kier alpha value is -9.76. The molecule has 0 saturated carbocycles. The molecule has 0 bridgehead atoms. The zero-order valence-corrected chi connectivity index (χ0v) is 66.0. The monoisotopic (exact) mass is 1540 g/mol. The van der Waals surface area contributed by atoms with Crippen molar-refractivity contribution in [1.29, 1.82) is 0 Å². The molecule has 0 radical (unpaired) electrons. The van der Waals surface area contributed by atoms with Gasteiger partial charge in [-0.3, -0.25) is 62.5 Å². The van der Waals surface area contributed by atoms with Gasteiger partial charge in [-0.25, -0.2) is 14.4 Å². The summed E-state index contributed by atoms with van der Waals surface area (Å²) >= 11 is 0. The number of carboxylic acids is 1. The van der Waals surface area contributed by atoms with Gasteiger partial charge in [-0.15, -0.1) is 0 Å². The quantitative estimate of drug-likeness (QED) is 0.0328. The largest absolute Gasteiger partial charge is 0.481 e. The highest BCUT2D eigenvalue weighted by atomic mass is 16.6. The lowest BCUT2D eigenvalue weighted by atomic mass is 9.89. The smallest absolute Gasteiger partial charge is 0.410 e. The molecule has 14 amide bonds. The fourth-order valence-corrected chi connectivity index (χ4v) is 14.1. The number of nitrogens with two attached hydrogens (primary N) is 1. The third-order valence-electron chi connectivity index (χ3n) is 20.5. The van der Waals surface area contributed by atoms with Gasteiger partial charge in [0.15, 0.2) is 0 Å². The number of urea groups is 1. The maximum Gasteiger partial charge on any atom is 0.410 e. The second kappa shape index (κ2) is 44.2. The molecule has 2 saturated heterocycles. The first kappa shape index (κ1) is 90.9. The summed E-state index contributed by atoms with van der Waals surface area (Å²) in [6.45, 7) is 17.5. The number of ether oxygens (including phenoxy) is 4. The summed E-state index contributed by atoms with van der Waals surface area (Å²) in [4.78, 5) is 194. The number of nitrogens with zero attached hydrogens (tertiary/aromatic N) is 5. The number of imide groups is 1. The molecule has 2 aromatic rings. The molecule has 2 fully saturated rings. The van der Waals surface area contributed by atoms with E-state index in [-0.39, 0.29) is 88.3 Å². The van der Waals surface area contributed by atoms with Crippen LogP contribution in [0.15, 0.2) is 66.7 Å². The second-order valence-corrected chi connectivity index (χ2v) is 29.6. The van der Waals surface area contributed by atoms with E-state index in [1.807, 2.05) is 19.9 Å². The standard InChI is InChI=1S/C77H117N13O20/c1-15-47(8)66(57(107-13)41-61(94)88-39-23-27-55(88)68(108-14)48(9)69(98)81-49(10)67(97)51-24-18-16-19-25-51)86(11)74(103)64(45(4)5)85-73(102)65(46(6)7)87(12)77(106)109-43-50-29-31-52(32-30-50)82-70(99)54(26-22-36-79-75(78)104)83-72(101)63(44(2)3)84-71(100)56-40-53(110-76(105)80-37-35-62(95)96)42-90(56)58(91)28-20-17-21-38-89-59(92)33-34-60(89)93/h16,18-19,24-25,29-34,44-49,53-57,63-68,97H,15,17,20-23,26-28,35-43H2,1-14H3,(H,80,105)(H,81,98)(H,82,99)(H,83,101)(H,84,100)(H,85,102)(H,95,96)(H3,78,79,104)/t47-,48+,49+,53+,54+,55-,56?,57+,63-,64+,65-,66-,67+,68+/m0/s1. The number of aliphatic carboxylic acids is 1. The average Bonchev–Trinajstić information content (AvgIpc) is 1.46. The first-order valence-electron chi connectivity index (χ1n) is 37.9. The fraction of sp³-hybridized carbons (Fsp3) is 0.636. The summed E-state index contributed by atoms with van der Waals surface area (Å²) in [5.41, 5.74) is 6.67. The molecule has 3 aliphatic rings. The van der Waals surface area contributed by atoms with Crippen LogP contribution in [-0.4, -0.2) is 246 Å². The minimum Gasteiger partial charge on any atom is -0.481 e. The Balaban J connectivity index is 1.21. The lowest BCUT2D eigenvalue weighted by Gasteiger charge is -2.41. The highest BCUT2D eigenvalue weighted by Crippen LogP contribution is 2.31. The Morgan fingerprint density at radius 2 is 1.34 bits per heavy atom. The van der Waals surface area contributed by atoms with E-state index in [4.69, 9.17) is 29.8 Å². The van der Waals surface area contributed by atoms with E-state index in [9.17, 15) is 72.2 Å². The van der Waals surface area contributed by atoms with Gasteiger partial charge < -0.3 is 86.8 Å². The Labute approximate surface area is 644 Å². The summed E-state index contributed by atoms with van der Waals surface area (Å²) in [6.07, 6.45) is -0.663. The van der Waals surface area contributed by atoms with Crippen LogP contribution in [0, 0.1) is 29.6 Å². The number of primary amides is 1. The topological polar surface area (TPSA) is 443 Å². The van der Waals surface area contributed by atoms with Gasteiger partial charge in [-0.1, -0.05) is 118 Å². The first-order valence-corrected chi connectivity index (χ1v) is 37.9. The van der Waals surface area contributed by atoms with Crippen molar-refractivity contribution in [3.63, 3.8) is 0 Å². The molecule has 14 atom stereocenters. The van der Waals surface area contributed by atoms with Gasteiger partial charge >= 0.3 is 24.2 Å². The third-order valence-corrected chi connectivity index (χ3v) is 20.5. The molecule has 0 aromatic heterocycles. The zero-order valence-electron chi connectivity index (χ0n) is 66.0. The van der Waals surface area contributed by atoms with Crippen molar-refractivity contribution >= 4 is 88.9 Å². The van der Waals surface area contributed by atoms with Crippen LogP contribution in [-0.2, 0) is 78.3 Å². The van der Waals surface area contributed by atoms with Crippen LogP contribution in [0.2, 0.25) is 0 Å². The van der Waals surface area contributed by atoms with Crippen LogP contribution < -0.4 is 43.0 Å². The van der Waals surface area contributed by atoms with Gasteiger partial charge in [-0.05, 0) is 92.4 Å². The van der Waals surface area contributed by atoms with E-state index in [0.29, 0.717) is 56.2 Å². The van der Waals surface area contributed by atoms with Gasteiger partial charge in [0, 0.05) is 85.2 Å². The molecular formula is C77H117N13O20. The van der Waals surface area contributed by atoms with Crippen molar-refractivity contribution in [3.05, 3.63) is 77.9 Å². The Kier molecular flexibility index (Phi) is 36.5. The van der Waals surface area contributed by atoms with Gasteiger partial charge in [0.05, 0.1) is 61.7 Å². The highest BCUT2D eigenvalue weighted by molar-refractivity contribution is 6.13. The lowest BCUT2D eigenvalue weighted by Crippen LogP contribution is -2.60. The predicted molar refractivity (Wildman–Crippen MR) is 404 cm³/mol. The minimum atomic E-state index is -1.30. The SMILES string of the molecule is CC[C@H](C)[C@@H]([C@@H](CC(=O)N1CCC[C@H]1[C@H](OC)[C@@H](C)C(=O)N[C@H](C)[C@@H](O)c1ccccc1)OC)N(C)C(=O)[C@H](NC(=O)[C@H](C(C)C)N(C)C(=O)OCc1ccc(NC(=O)[C@@H](CCCNC(N)=O)NC(=O)[C@@H](NC(=O)C2C[C@@H](OC(=O)NCCC(=O)O)CN2C(=O)CCCCCN2C(=O)C=CC2=O)C(C)C)cc1)C(C)C. The second-order valence-electron chi connectivity index (χ2n) is 29.6. The van der Waals surface area contributed by atoms with Crippen LogP contribution >= 0.6 is 0 Å². The number of rotatable bonds is 43. The van der Waals surface area contributed by atoms with Crippen molar-refractivity contribution in [2.45, 2.75) is 226 Å². The minimum absolute atomic E-state index is 0.0252. The van der Waals surface area contributed by atoms with Crippen LogP contribution in [0.25, 0.3) is 0 Å². The Morgan fingerprint density at radius 1 is 0.682 bits per heavy atom. The number of hydrogen-bond donors (Lipinski definition) is 10. The van der Waals surface area contributed by atoms with Crippen LogP contribution in [0.4, 0.5) is 20.1 Å². The summed E-state index contributed by atoms with van der Waals surface area (Å²) in [6, 6.07) is 6.57. The molecule has 3 heterocycles. The first-order chi connectivity index (χ1) is 52.0. The lowest BCUT2D eigenvalue weighted by molar-refractivity contribution is -0.148. The molecule has 110 heavy (non-hydrogen) atoms. The highest BCUT2D eigenvalue weighted by Gasteiger charge is 2.46. The van der Waals surface area contributed by atoms with E-state index in [1.54, 1.807) is 104 Å². The number of anilines is 1. The Morgan fingerprint density at radius 3 is 1.93 bits per heavy atom. The van der Waals surface area contributed by atoms with Gasteiger partial charge in [0.2, 0.25) is 47.3 Å². The van der Waals surface area contributed by atoms with E-state index < -0.39 is 174 Å². The molecule has 3 aliphatic heterocycles. The van der Waals surface area contributed by atoms with E-state index in [1.165, 1.54) is 55.4 Å². The molecule has 0 spiro atoms. The fourth-order valence-electron chi connectivity index (χ4n) is 14.1. The van der Waals surface area contributed by atoms with Gasteiger partial charge in [0.25, 0.3) is 11.8 Å². The molecule has 33 heteroatoms. The van der Waals surface area contributed by atoms with Crippen molar-refractivity contribution < 1.29 is 96.3 Å². The summed E-state index contributed by atoms with van der Waals surface area (Å²) in [7, 11) is 6.01. The molecule has 2 aromatic carbocycles. The van der Waals surface area contributed by atoms with Crippen molar-refractivity contribution in [2.75, 3.05) is 66.4 Å². The number of carbonyl (C=O) groups excluding carboxylic acids is 13. The van der Waals surface area contributed by atoms with E-state index >= 15 is 0 Å². The Bertz CT molecular complexity index is 3490. The van der Waals surface area contributed by atoms with E-state index in [2.05, 4.69) is 37.2 Å². The summed E-state index contributed by atoms with van der Waals surface area (Å²) < 4.78 is 23.3. The molecule has 5 rings (SSSR count). The number of aliphatic hydroxyl groups is 1. The predicted octanol–water partition coefficient (Wildman–Crippen LogP) is 4.25.